The van der Waals surface area contributed by atoms with E-state index in [1.807, 2.05) is 0 Å². The van der Waals surface area contributed by atoms with Crippen LogP contribution in [0.15, 0.2) is 36.5 Å². The molecule has 1 saturated heterocycles. The lowest BCUT2D eigenvalue weighted by atomic mass is 9.96. The Hall–Kier alpha value is -2.41. The second-order valence-electron chi connectivity index (χ2n) is 4.18. The summed E-state index contributed by atoms with van der Waals surface area (Å²) in [5, 5.41) is 10.4. The zero-order valence-electron chi connectivity index (χ0n) is 11.1. The molecule has 1 heterocycles. The summed E-state index contributed by atoms with van der Waals surface area (Å²) in [7, 11) is 2.95. The summed E-state index contributed by atoms with van der Waals surface area (Å²) >= 11 is 0. The highest BCUT2D eigenvalue weighted by atomic mass is 16.6. The Kier molecular flexibility index (Phi) is 3.99. The third-order valence-electron chi connectivity index (χ3n) is 3.10. The maximum Gasteiger partial charge on any atom is 0.259 e. The van der Waals surface area contributed by atoms with E-state index in [4.69, 9.17) is 9.47 Å². The standard InChI is InChI=1S/C13H14N2O5/c1-19-10-5-3-9(4-6-10)15-11(7-8-14(17)18)12(20-2)13(15)16/h3-8,11-12H,1-2H3/b8-7+/t11-,12+/m1/s1. The van der Waals surface area contributed by atoms with E-state index in [0.717, 1.165) is 6.20 Å². The van der Waals surface area contributed by atoms with Gasteiger partial charge in [-0.05, 0) is 24.3 Å². The number of rotatable bonds is 5. The molecule has 20 heavy (non-hydrogen) atoms. The Morgan fingerprint density at radius 1 is 1.30 bits per heavy atom. The quantitative estimate of drug-likeness (QED) is 0.459. The maximum atomic E-state index is 12.0. The van der Waals surface area contributed by atoms with Crippen LogP contribution in [0.4, 0.5) is 5.69 Å². The van der Waals surface area contributed by atoms with Crippen LogP contribution in [0.25, 0.3) is 0 Å². The van der Waals surface area contributed by atoms with Crippen LogP contribution in [-0.2, 0) is 9.53 Å². The van der Waals surface area contributed by atoms with Gasteiger partial charge in [-0.3, -0.25) is 19.8 Å². The average Bonchev–Trinajstić information content (AvgIpc) is 2.44. The van der Waals surface area contributed by atoms with Gasteiger partial charge >= 0.3 is 0 Å². The number of β-lactam (4-membered cyclic amide) rings is 1. The van der Waals surface area contributed by atoms with Gasteiger partial charge in [0.2, 0.25) is 6.20 Å². The molecule has 106 valence electrons. The van der Waals surface area contributed by atoms with Crippen molar-refractivity contribution in [2.24, 2.45) is 0 Å². The van der Waals surface area contributed by atoms with Gasteiger partial charge in [0.05, 0.1) is 18.1 Å². The fourth-order valence-corrected chi connectivity index (χ4v) is 2.11. The predicted octanol–water partition coefficient (Wildman–Crippen LogP) is 1.22. The first-order valence-corrected chi connectivity index (χ1v) is 5.90. The number of nitro groups is 1. The molecule has 1 aromatic carbocycles. The van der Waals surface area contributed by atoms with E-state index in [1.165, 1.54) is 18.1 Å². The third kappa shape index (κ3) is 2.48. The van der Waals surface area contributed by atoms with E-state index < -0.39 is 17.1 Å². The molecule has 0 aromatic heterocycles. The van der Waals surface area contributed by atoms with Crippen molar-refractivity contribution in [3.05, 3.63) is 46.7 Å². The molecule has 0 spiro atoms. The number of amides is 1. The van der Waals surface area contributed by atoms with Crippen LogP contribution in [-0.4, -0.2) is 37.2 Å². The topological polar surface area (TPSA) is 81.9 Å². The normalized spacial score (nSPS) is 21.9. The maximum absolute atomic E-state index is 12.0. The van der Waals surface area contributed by atoms with E-state index >= 15 is 0 Å². The van der Waals surface area contributed by atoms with Crippen LogP contribution in [0.2, 0.25) is 0 Å². The summed E-state index contributed by atoms with van der Waals surface area (Å²) in [5.74, 6) is 0.443. The minimum Gasteiger partial charge on any atom is -0.497 e. The Balaban J connectivity index is 2.23. The molecule has 7 nitrogen and oxygen atoms in total. The van der Waals surface area contributed by atoms with Crippen molar-refractivity contribution < 1.29 is 19.2 Å². The summed E-state index contributed by atoms with van der Waals surface area (Å²) < 4.78 is 10.1. The second-order valence-corrected chi connectivity index (χ2v) is 4.18. The predicted molar refractivity (Wildman–Crippen MR) is 71.2 cm³/mol. The fourth-order valence-electron chi connectivity index (χ4n) is 2.11. The lowest BCUT2D eigenvalue weighted by molar-refractivity contribution is -0.402. The van der Waals surface area contributed by atoms with E-state index in [-0.39, 0.29) is 5.91 Å². The molecule has 0 saturated carbocycles. The second kappa shape index (κ2) is 5.70. The first-order valence-electron chi connectivity index (χ1n) is 5.90. The number of ether oxygens (including phenoxy) is 2. The van der Waals surface area contributed by atoms with Gasteiger partial charge in [0, 0.05) is 18.9 Å². The number of methoxy groups -OCH3 is 2. The zero-order chi connectivity index (χ0) is 14.7. The molecular formula is C13H14N2O5. The SMILES string of the molecule is COc1ccc(N2C(=O)[C@@H](OC)[C@H]2/C=C/[N+](=O)[O-])cc1. The van der Waals surface area contributed by atoms with Crippen LogP contribution in [0, 0.1) is 10.1 Å². The number of carbonyl (C=O) groups is 1. The summed E-state index contributed by atoms with van der Waals surface area (Å²) in [5.41, 5.74) is 0.641. The number of nitrogens with zero attached hydrogens (tertiary/aromatic N) is 2. The Morgan fingerprint density at radius 2 is 1.95 bits per heavy atom. The van der Waals surface area contributed by atoms with Crippen molar-refractivity contribution in [3.8, 4) is 5.75 Å². The van der Waals surface area contributed by atoms with E-state index in [0.29, 0.717) is 11.4 Å². The largest absolute Gasteiger partial charge is 0.497 e. The molecule has 1 fully saturated rings. The number of carbonyl (C=O) groups excluding carboxylic acids is 1. The Morgan fingerprint density at radius 3 is 2.45 bits per heavy atom. The van der Waals surface area contributed by atoms with Crippen LogP contribution in [0.1, 0.15) is 0 Å². The molecule has 7 heteroatoms. The molecular weight excluding hydrogens is 264 g/mol. The van der Waals surface area contributed by atoms with Crippen molar-refractivity contribution in [1.82, 2.24) is 0 Å². The third-order valence-corrected chi connectivity index (χ3v) is 3.10. The van der Waals surface area contributed by atoms with Crippen LogP contribution in [0.3, 0.4) is 0 Å². The smallest absolute Gasteiger partial charge is 0.259 e. The average molecular weight is 278 g/mol. The summed E-state index contributed by atoms with van der Waals surface area (Å²) in [6.07, 6.45) is 1.48. The molecule has 1 amide bonds. The van der Waals surface area contributed by atoms with E-state index in [2.05, 4.69) is 0 Å². The number of benzene rings is 1. The zero-order valence-corrected chi connectivity index (χ0v) is 11.1. The van der Waals surface area contributed by atoms with E-state index in [9.17, 15) is 14.9 Å². The molecule has 0 aliphatic carbocycles. The number of anilines is 1. The number of hydrogen-bond acceptors (Lipinski definition) is 5. The van der Waals surface area contributed by atoms with Gasteiger partial charge in [-0.25, -0.2) is 0 Å². The van der Waals surface area contributed by atoms with Crippen molar-refractivity contribution in [2.45, 2.75) is 12.1 Å². The van der Waals surface area contributed by atoms with Crippen molar-refractivity contribution in [3.63, 3.8) is 0 Å². The van der Waals surface area contributed by atoms with Gasteiger partial charge in [0.25, 0.3) is 5.91 Å². The highest BCUT2D eigenvalue weighted by Gasteiger charge is 2.47. The van der Waals surface area contributed by atoms with Crippen molar-refractivity contribution >= 4 is 11.6 Å². The summed E-state index contributed by atoms with van der Waals surface area (Å²) in [6, 6.07) is 6.39. The minimum atomic E-state index is -0.687. The van der Waals surface area contributed by atoms with Crippen molar-refractivity contribution in [2.75, 3.05) is 19.1 Å². The summed E-state index contributed by atoms with van der Waals surface area (Å²) in [6.45, 7) is 0. The molecule has 1 aromatic rings. The van der Waals surface area contributed by atoms with Gasteiger partial charge in [-0.2, -0.15) is 0 Å². The Labute approximate surface area is 115 Å². The van der Waals surface area contributed by atoms with Crippen LogP contribution in [0.5, 0.6) is 5.75 Å². The van der Waals surface area contributed by atoms with Crippen LogP contribution >= 0.6 is 0 Å². The van der Waals surface area contributed by atoms with Gasteiger partial charge in [0.1, 0.15) is 5.75 Å². The lowest BCUT2D eigenvalue weighted by Crippen LogP contribution is -2.65. The molecule has 0 radical (unpaired) electrons. The molecule has 0 bridgehead atoms. The van der Waals surface area contributed by atoms with Gasteiger partial charge in [0.15, 0.2) is 6.10 Å². The fraction of sp³-hybridized carbons (Fsp3) is 0.308. The van der Waals surface area contributed by atoms with Gasteiger partial charge in [-0.15, -0.1) is 0 Å². The van der Waals surface area contributed by atoms with Crippen LogP contribution < -0.4 is 9.64 Å². The highest BCUT2D eigenvalue weighted by Crippen LogP contribution is 2.31. The minimum absolute atomic E-state index is 0.226. The van der Waals surface area contributed by atoms with Gasteiger partial charge in [-0.1, -0.05) is 0 Å². The van der Waals surface area contributed by atoms with E-state index in [1.54, 1.807) is 31.4 Å². The van der Waals surface area contributed by atoms with Crippen molar-refractivity contribution in [1.29, 1.82) is 0 Å². The molecule has 0 unspecified atom stereocenters. The molecule has 1 aliphatic rings. The first kappa shape index (κ1) is 14.0. The number of hydrogen-bond donors (Lipinski definition) is 0. The van der Waals surface area contributed by atoms with Gasteiger partial charge < -0.3 is 9.47 Å². The molecule has 1 aliphatic heterocycles. The summed E-state index contributed by atoms with van der Waals surface area (Å²) in [4.78, 5) is 23.3. The monoisotopic (exact) mass is 278 g/mol. The lowest BCUT2D eigenvalue weighted by Gasteiger charge is -2.44. The Bertz CT molecular complexity index is 540. The molecule has 0 N–H and O–H groups in total. The first-order chi connectivity index (χ1) is 9.58. The molecule has 2 atom stereocenters. The molecule has 2 rings (SSSR count). The highest BCUT2D eigenvalue weighted by molar-refractivity contribution is 6.05.